The summed E-state index contributed by atoms with van der Waals surface area (Å²) in [4.78, 5) is 12.5. The van der Waals surface area contributed by atoms with Gasteiger partial charge < -0.3 is 10.6 Å². The predicted molar refractivity (Wildman–Crippen MR) is 96.2 cm³/mol. The maximum absolute atomic E-state index is 12.5. The van der Waals surface area contributed by atoms with Crippen molar-refractivity contribution >= 4 is 5.91 Å². The van der Waals surface area contributed by atoms with Crippen LogP contribution in [-0.4, -0.2) is 40.5 Å². The van der Waals surface area contributed by atoms with Gasteiger partial charge in [-0.15, -0.1) is 5.10 Å². The smallest absolute Gasteiger partial charge is 0.273 e. The molecule has 6 heteroatoms. The van der Waals surface area contributed by atoms with Gasteiger partial charge in [-0.1, -0.05) is 38.3 Å². The molecule has 1 fully saturated rings. The van der Waals surface area contributed by atoms with Crippen LogP contribution in [0.1, 0.15) is 81.0 Å². The van der Waals surface area contributed by atoms with Crippen LogP contribution in [0.2, 0.25) is 0 Å². The molecule has 0 spiro atoms. The molecule has 136 valence electrons. The summed E-state index contributed by atoms with van der Waals surface area (Å²) in [6.45, 7) is 9.12. The van der Waals surface area contributed by atoms with E-state index in [1.54, 1.807) is 0 Å². The molecule has 1 aliphatic heterocycles. The highest BCUT2D eigenvalue weighted by Crippen LogP contribution is 2.20. The third-order valence-corrected chi connectivity index (χ3v) is 5.01. The van der Waals surface area contributed by atoms with Gasteiger partial charge in [0.1, 0.15) is 0 Å². The first-order valence-corrected chi connectivity index (χ1v) is 9.58. The van der Waals surface area contributed by atoms with Crippen LogP contribution in [0.3, 0.4) is 0 Å². The molecule has 6 nitrogen and oxygen atoms in total. The Balaban J connectivity index is 1.93. The van der Waals surface area contributed by atoms with Crippen LogP contribution in [0, 0.1) is 12.8 Å². The number of unbranched alkanes of at least 4 members (excludes halogenated alkanes) is 1. The largest absolute Gasteiger partial charge is 0.350 e. The normalized spacial score (nSPS) is 17.0. The number of nitrogens with one attached hydrogen (secondary N) is 2. The lowest BCUT2D eigenvalue weighted by Crippen LogP contribution is -2.31. The highest BCUT2D eigenvalue weighted by atomic mass is 16.2. The lowest BCUT2D eigenvalue weighted by molar-refractivity contribution is 0.0939. The molecule has 1 unspecified atom stereocenters. The second-order valence-corrected chi connectivity index (χ2v) is 6.96. The van der Waals surface area contributed by atoms with Gasteiger partial charge in [-0.25, -0.2) is 4.68 Å². The average Bonchev–Trinajstić information content (AvgIpc) is 2.99. The lowest BCUT2D eigenvalue weighted by atomic mass is 9.97. The minimum Gasteiger partial charge on any atom is -0.350 e. The van der Waals surface area contributed by atoms with Crippen LogP contribution in [0.5, 0.6) is 0 Å². The van der Waals surface area contributed by atoms with E-state index >= 15 is 0 Å². The zero-order valence-corrected chi connectivity index (χ0v) is 15.5. The van der Waals surface area contributed by atoms with E-state index in [1.165, 1.54) is 25.7 Å². The molecule has 1 aliphatic rings. The van der Waals surface area contributed by atoms with Crippen LogP contribution < -0.4 is 10.6 Å². The minimum atomic E-state index is -0.0784. The molecule has 2 rings (SSSR count). The van der Waals surface area contributed by atoms with Crippen LogP contribution in [0.15, 0.2) is 0 Å². The molecule has 24 heavy (non-hydrogen) atoms. The summed E-state index contributed by atoms with van der Waals surface area (Å²) in [5, 5.41) is 14.8. The SMILES string of the molecule is CCCCC(CCC)CNC(=O)c1nnn(C2CCNCC2)c1C. The molecule has 1 atom stereocenters. The molecule has 2 heterocycles. The summed E-state index contributed by atoms with van der Waals surface area (Å²) >= 11 is 0. The summed E-state index contributed by atoms with van der Waals surface area (Å²) in [5.74, 6) is 0.490. The van der Waals surface area contributed by atoms with E-state index in [2.05, 4.69) is 34.8 Å². The molecular weight excluding hydrogens is 302 g/mol. The van der Waals surface area contributed by atoms with Crippen molar-refractivity contribution in [1.29, 1.82) is 0 Å². The number of carbonyl (C=O) groups is 1. The number of nitrogens with zero attached hydrogens (tertiary/aromatic N) is 3. The van der Waals surface area contributed by atoms with Crippen molar-refractivity contribution in [3.8, 4) is 0 Å². The van der Waals surface area contributed by atoms with Gasteiger partial charge >= 0.3 is 0 Å². The van der Waals surface area contributed by atoms with Gasteiger partial charge in [0.25, 0.3) is 5.91 Å². The summed E-state index contributed by atoms with van der Waals surface area (Å²) < 4.78 is 1.94. The van der Waals surface area contributed by atoms with Gasteiger partial charge in [-0.3, -0.25) is 4.79 Å². The first-order chi connectivity index (χ1) is 11.7. The molecule has 0 aliphatic carbocycles. The van der Waals surface area contributed by atoms with E-state index in [0.717, 1.165) is 44.6 Å². The molecule has 1 saturated heterocycles. The maximum atomic E-state index is 12.5. The first-order valence-electron chi connectivity index (χ1n) is 9.58. The van der Waals surface area contributed by atoms with Crippen LogP contribution in [0.25, 0.3) is 0 Å². The standard InChI is InChI=1S/C18H33N5O/c1-4-6-8-15(7-5-2)13-20-18(24)17-14(3)23(22-21-17)16-9-11-19-12-10-16/h15-16,19H,4-13H2,1-3H3,(H,20,24). The molecule has 0 saturated carbocycles. The Labute approximate surface area is 145 Å². The second kappa shape index (κ2) is 9.77. The Morgan fingerprint density at radius 3 is 2.71 bits per heavy atom. The molecule has 0 bridgehead atoms. The summed E-state index contributed by atoms with van der Waals surface area (Å²) in [6, 6.07) is 0.359. The van der Waals surface area contributed by atoms with Crippen molar-refractivity contribution in [1.82, 2.24) is 25.6 Å². The molecule has 1 amide bonds. The average molecular weight is 335 g/mol. The van der Waals surface area contributed by atoms with E-state index in [1.807, 2.05) is 11.6 Å². The molecule has 0 aromatic carbocycles. The van der Waals surface area contributed by atoms with Crippen molar-refractivity contribution in [2.45, 2.75) is 71.8 Å². The number of amides is 1. The first kappa shape index (κ1) is 18.9. The minimum absolute atomic E-state index is 0.0784. The van der Waals surface area contributed by atoms with E-state index in [0.29, 0.717) is 17.7 Å². The van der Waals surface area contributed by atoms with Gasteiger partial charge in [0.15, 0.2) is 5.69 Å². The number of hydrogen-bond donors (Lipinski definition) is 2. The Morgan fingerprint density at radius 1 is 1.29 bits per heavy atom. The maximum Gasteiger partial charge on any atom is 0.273 e. The van der Waals surface area contributed by atoms with E-state index in [4.69, 9.17) is 0 Å². The Hall–Kier alpha value is -1.43. The topological polar surface area (TPSA) is 71.8 Å². The Morgan fingerprint density at radius 2 is 2.04 bits per heavy atom. The van der Waals surface area contributed by atoms with Gasteiger partial charge in [-0.2, -0.15) is 0 Å². The quantitative estimate of drug-likeness (QED) is 0.728. The highest BCUT2D eigenvalue weighted by Gasteiger charge is 2.23. The number of piperidine rings is 1. The van der Waals surface area contributed by atoms with Gasteiger partial charge in [0.05, 0.1) is 11.7 Å². The highest BCUT2D eigenvalue weighted by molar-refractivity contribution is 5.93. The van der Waals surface area contributed by atoms with E-state index < -0.39 is 0 Å². The Bertz CT molecular complexity index is 508. The number of aromatic nitrogens is 3. The Kier molecular flexibility index (Phi) is 7.69. The monoisotopic (exact) mass is 335 g/mol. The zero-order valence-electron chi connectivity index (χ0n) is 15.5. The van der Waals surface area contributed by atoms with Gasteiger partial charge in [0.2, 0.25) is 0 Å². The van der Waals surface area contributed by atoms with Crippen molar-refractivity contribution in [3.05, 3.63) is 11.4 Å². The van der Waals surface area contributed by atoms with Crippen LogP contribution in [0.4, 0.5) is 0 Å². The summed E-state index contributed by atoms with van der Waals surface area (Å²) in [5.41, 5.74) is 1.37. The predicted octanol–water partition coefficient (Wildman–Crippen LogP) is 2.85. The van der Waals surface area contributed by atoms with Crippen LogP contribution >= 0.6 is 0 Å². The summed E-state index contributed by atoms with van der Waals surface area (Å²) in [6.07, 6.45) is 8.03. The molecule has 1 aromatic rings. The summed E-state index contributed by atoms with van der Waals surface area (Å²) in [7, 11) is 0. The number of hydrogen-bond acceptors (Lipinski definition) is 4. The fraction of sp³-hybridized carbons (Fsp3) is 0.833. The van der Waals surface area contributed by atoms with Crippen molar-refractivity contribution in [3.63, 3.8) is 0 Å². The van der Waals surface area contributed by atoms with E-state index in [9.17, 15) is 4.79 Å². The van der Waals surface area contributed by atoms with Crippen molar-refractivity contribution in [2.24, 2.45) is 5.92 Å². The molecule has 1 aromatic heterocycles. The third-order valence-electron chi connectivity index (χ3n) is 5.01. The molecule has 2 N–H and O–H groups in total. The molecule has 0 radical (unpaired) electrons. The van der Waals surface area contributed by atoms with Gasteiger partial charge in [0, 0.05) is 6.54 Å². The van der Waals surface area contributed by atoms with E-state index in [-0.39, 0.29) is 5.91 Å². The second-order valence-electron chi connectivity index (χ2n) is 6.96. The number of carbonyl (C=O) groups excluding carboxylic acids is 1. The third kappa shape index (κ3) is 5.03. The zero-order chi connectivity index (χ0) is 17.4. The fourth-order valence-electron chi connectivity index (χ4n) is 3.52. The van der Waals surface area contributed by atoms with Crippen molar-refractivity contribution < 1.29 is 4.79 Å². The lowest BCUT2D eigenvalue weighted by Gasteiger charge is -2.23. The fourth-order valence-corrected chi connectivity index (χ4v) is 3.52. The van der Waals surface area contributed by atoms with Crippen LogP contribution in [-0.2, 0) is 0 Å². The molecular formula is C18H33N5O. The van der Waals surface area contributed by atoms with Gasteiger partial charge in [-0.05, 0) is 51.6 Å². The van der Waals surface area contributed by atoms with Crippen molar-refractivity contribution in [2.75, 3.05) is 19.6 Å². The number of rotatable bonds is 9.